The van der Waals surface area contributed by atoms with Crippen LogP contribution in [0.15, 0.2) is 6.07 Å². The Hall–Kier alpha value is -2.12. The summed E-state index contributed by atoms with van der Waals surface area (Å²) in [5.74, 6) is -2.86. The van der Waals surface area contributed by atoms with Crippen LogP contribution >= 0.6 is 0 Å². The van der Waals surface area contributed by atoms with Crippen LogP contribution in [-0.4, -0.2) is 52.7 Å². The van der Waals surface area contributed by atoms with E-state index in [0.29, 0.717) is 25.2 Å². The van der Waals surface area contributed by atoms with Crippen molar-refractivity contribution < 1.29 is 34.4 Å². The van der Waals surface area contributed by atoms with Gasteiger partial charge in [-0.25, -0.2) is 9.59 Å². The minimum absolute atomic E-state index is 0.0433. The molecule has 7 heteroatoms. The van der Waals surface area contributed by atoms with Crippen LogP contribution in [0.5, 0.6) is 5.75 Å². The second kappa shape index (κ2) is 5.01. The molecule has 3 N–H and O–H groups in total. The molecule has 112 valence electrons. The highest BCUT2D eigenvalue weighted by atomic mass is 16.6. The minimum atomic E-state index is -1.37. The molecule has 0 saturated carbocycles. The van der Waals surface area contributed by atoms with E-state index in [2.05, 4.69) is 0 Å². The molecular formula is C14H14O7. The standard InChI is InChI=1S/C14H14O7/c15-12-6(1-7-4-20-7)2-10(13(16)17)11(14(18)19)9(12)3-8-5-21-8/h2,7-8,15H,1,3-5H2,(H,16,17)(H,18,19). The summed E-state index contributed by atoms with van der Waals surface area (Å²) in [6, 6.07) is 1.22. The number of phenolic OH excluding ortho intramolecular Hbond substituents is 1. The number of aromatic carboxylic acids is 2. The molecule has 1 aromatic carbocycles. The van der Waals surface area contributed by atoms with E-state index in [1.54, 1.807) is 0 Å². The third kappa shape index (κ3) is 2.84. The predicted molar refractivity (Wildman–Crippen MR) is 68.9 cm³/mol. The van der Waals surface area contributed by atoms with Gasteiger partial charge in [-0.2, -0.15) is 0 Å². The molecular weight excluding hydrogens is 280 g/mol. The Morgan fingerprint density at radius 3 is 2.14 bits per heavy atom. The summed E-state index contributed by atoms with van der Waals surface area (Å²) in [6.07, 6.45) is 0.346. The SMILES string of the molecule is O=C(O)c1cc(CC2CO2)c(O)c(CC2CO2)c1C(=O)O. The molecule has 0 amide bonds. The van der Waals surface area contributed by atoms with Crippen LogP contribution in [0.2, 0.25) is 0 Å². The molecule has 1 aromatic rings. The fourth-order valence-corrected chi connectivity index (χ4v) is 2.40. The first-order valence-corrected chi connectivity index (χ1v) is 6.55. The van der Waals surface area contributed by atoms with Gasteiger partial charge in [0.05, 0.1) is 36.5 Å². The summed E-state index contributed by atoms with van der Waals surface area (Å²) in [5.41, 5.74) is -0.154. The zero-order chi connectivity index (χ0) is 15.1. The number of epoxide rings is 2. The van der Waals surface area contributed by atoms with E-state index in [4.69, 9.17) is 9.47 Å². The van der Waals surface area contributed by atoms with Gasteiger partial charge < -0.3 is 24.8 Å². The maximum absolute atomic E-state index is 11.4. The number of hydrogen-bond acceptors (Lipinski definition) is 5. The predicted octanol–water partition coefficient (Wildman–Crippen LogP) is 0.671. The van der Waals surface area contributed by atoms with Gasteiger partial charge in [0.25, 0.3) is 0 Å². The topological polar surface area (TPSA) is 120 Å². The molecule has 2 fully saturated rings. The largest absolute Gasteiger partial charge is 0.507 e. The van der Waals surface area contributed by atoms with E-state index in [9.17, 15) is 24.9 Å². The Kier molecular flexibility index (Phi) is 3.30. The lowest BCUT2D eigenvalue weighted by Crippen LogP contribution is -2.15. The van der Waals surface area contributed by atoms with Gasteiger partial charge in [0.2, 0.25) is 0 Å². The summed E-state index contributed by atoms with van der Waals surface area (Å²) in [4.78, 5) is 22.7. The van der Waals surface area contributed by atoms with Gasteiger partial charge in [-0.15, -0.1) is 0 Å². The van der Waals surface area contributed by atoms with Crippen LogP contribution in [0.3, 0.4) is 0 Å². The third-order valence-electron chi connectivity index (χ3n) is 3.61. The molecule has 2 aliphatic heterocycles. The van der Waals surface area contributed by atoms with Crippen molar-refractivity contribution in [3.63, 3.8) is 0 Å². The molecule has 0 aliphatic carbocycles. The quantitative estimate of drug-likeness (QED) is 0.659. The van der Waals surface area contributed by atoms with Crippen molar-refractivity contribution in [1.82, 2.24) is 0 Å². The Bertz CT molecular complexity index is 614. The molecule has 2 unspecified atom stereocenters. The van der Waals surface area contributed by atoms with Gasteiger partial charge >= 0.3 is 11.9 Å². The van der Waals surface area contributed by atoms with Crippen LogP contribution in [0.25, 0.3) is 0 Å². The Morgan fingerprint density at radius 2 is 1.67 bits per heavy atom. The number of hydrogen-bond donors (Lipinski definition) is 3. The molecule has 0 aromatic heterocycles. The number of carbonyl (C=O) groups is 2. The zero-order valence-corrected chi connectivity index (χ0v) is 11.0. The second-order valence-electron chi connectivity index (χ2n) is 5.21. The van der Waals surface area contributed by atoms with Gasteiger partial charge in [0, 0.05) is 18.4 Å². The van der Waals surface area contributed by atoms with Crippen molar-refractivity contribution in [3.05, 3.63) is 28.3 Å². The Labute approximate surface area is 119 Å². The molecule has 0 bridgehead atoms. The molecule has 21 heavy (non-hydrogen) atoms. The van der Waals surface area contributed by atoms with Crippen LogP contribution in [0.1, 0.15) is 31.8 Å². The van der Waals surface area contributed by atoms with E-state index < -0.39 is 11.9 Å². The van der Waals surface area contributed by atoms with Gasteiger partial charge in [-0.05, 0) is 11.6 Å². The number of aromatic hydroxyl groups is 1. The minimum Gasteiger partial charge on any atom is -0.507 e. The number of benzene rings is 1. The highest BCUT2D eigenvalue weighted by molar-refractivity contribution is 6.03. The number of ether oxygens (including phenoxy) is 2. The van der Waals surface area contributed by atoms with Crippen LogP contribution in [-0.2, 0) is 22.3 Å². The van der Waals surface area contributed by atoms with Crippen LogP contribution < -0.4 is 0 Å². The molecule has 7 nitrogen and oxygen atoms in total. The first-order valence-electron chi connectivity index (χ1n) is 6.55. The maximum Gasteiger partial charge on any atom is 0.336 e. The molecule has 0 radical (unpaired) electrons. The summed E-state index contributed by atoms with van der Waals surface area (Å²) in [7, 11) is 0. The normalized spacial score (nSPS) is 22.9. The average Bonchev–Trinajstić information content (AvgIpc) is 3.28. The fraction of sp³-hybridized carbons (Fsp3) is 0.429. The molecule has 2 atom stereocenters. The second-order valence-corrected chi connectivity index (χ2v) is 5.21. The Balaban J connectivity index is 2.12. The summed E-state index contributed by atoms with van der Waals surface area (Å²) in [6.45, 7) is 1.04. The number of rotatable bonds is 6. The van der Waals surface area contributed by atoms with Crippen molar-refractivity contribution >= 4 is 11.9 Å². The van der Waals surface area contributed by atoms with Crippen molar-refractivity contribution in [2.24, 2.45) is 0 Å². The molecule has 3 rings (SSSR count). The summed E-state index contributed by atoms with van der Waals surface area (Å²) >= 11 is 0. The van der Waals surface area contributed by atoms with Crippen molar-refractivity contribution in [2.75, 3.05) is 13.2 Å². The monoisotopic (exact) mass is 294 g/mol. The lowest BCUT2D eigenvalue weighted by Gasteiger charge is -2.14. The lowest BCUT2D eigenvalue weighted by atomic mass is 9.91. The van der Waals surface area contributed by atoms with Gasteiger partial charge in [-0.3, -0.25) is 0 Å². The van der Waals surface area contributed by atoms with Crippen LogP contribution in [0.4, 0.5) is 0 Å². The number of carboxylic acids is 2. The molecule has 0 spiro atoms. The zero-order valence-electron chi connectivity index (χ0n) is 11.0. The van der Waals surface area contributed by atoms with Crippen molar-refractivity contribution in [2.45, 2.75) is 25.0 Å². The van der Waals surface area contributed by atoms with E-state index in [-0.39, 0.29) is 41.1 Å². The van der Waals surface area contributed by atoms with E-state index in [1.807, 2.05) is 0 Å². The van der Waals surface area contributed by atoms with E-state index >= 15 is 0 Å². The van der Waals surface area contributed by atoms with Gasteiger partial charge in [0.1, 0.15) is 5.75 Å². The average molecular weight is 294 g/mol. The smallest absolute Gasteiger partial charge is 0.336 e. The number of carboxylic acid groups (broad SMARTS) is 2. The lowest BCUT2D eigenvalue weighted by molar-refractivity contribution is 0.0649. The molecule has 2 saturated heterocycles. The summed E-state index contributed by atoms with van der Waals surface area (Å²) in [5, 5.41) is 28.9. The first kappa shape index (κ1) is 13.8. The third-order valence-corrected chi connectivity index (χ3v) is 3.61. The first-order chi connectivity index (χ1) is 9.97. The molecule has 2 aliphatic rings. The highest BCUT2D eigenvalue weighted by Gasteiger charge is 2.33. The van der Waals surface area contributed by atoms with E-state index in [1.165, 1.54) is 6.07 Å². The van der Waals surface area contributed by atoms with Crippen molar-refractivity contribution in [3.8, 4) is 5.75 Å². The van der Waals surface area contributed by atoms with Crippen molar-refractivity contribution in [1.29, 1.82) is 0 Å². The van der Waals surface area contributed by atoms with Gasteiger partial charge in [-0.1, -0.05) is 0 Å². The maximum atomic E-state index is 11.4. The summed E-state index contributed by atoms with van der Waals surface area (Å²) < 4.78 is 10.1. The Morgan fingerprint density at radius 1 is 1.10 bits per heavy atom. The number of phenols is 1. The highest BCUT2D eigenvalue weighted by Crippen LogP contribution is 2.35. The van der Waals surface area contributed by atoms with Crippen LogP contribution in [0, 0.1) is 0 Å². The van der Waals surface area contributed by atoms with Gasteiger partial charge in [0.15, 0.2) is 0 Å². The molecule has 2 heterocycles. The van der Waals surface area contributed by atoms with E-state index in [0.717, 1.165) is 0 Å². The fourth-order valence-electron chi connectivity index (χ4n) is 2.40.